The third-order valence-electron chi connectivity index (χ3n) is 3.70. The maximum absolute atomic E-state index is 6.25. The summed E-state index contributed by atoms with van der Waals surface area (Å²) >= 11 is 7.88. The van der Waals surface area contributed by atoms with Crippen molar-refractivity contribution in [3.05, 3.63) is 44.9 Å². The third-order valence-corrected chi connectivity index (χ3v) is 4.52. The Bertz CT molecular complexity index is 601. The van der Waals surface area contributed by atoms with Gasteiger partial charge in [-0.3, -0.25) is 0 Å². The van der Waals surface area contributed by atoms with Gasteiger partial charge in [0.2, 0.25) is 0 Å². The smallest absolute Gasteiger partial charge is 0.125 e. The lowest BCUT2D eigenvalue weighted by Crippen LogP contribution is -2.24. The van der Waals surface area contributed by atoms with Crippen LogP contribution in [0.15, 0.2) is 23.0 Å². The SMILES string of the molecule is CCCNC(Cc1cc(Cl)cc2c1OCC2)c1cscn1. The van der Waals surface area contributed by atoms with Crippen molar-refractivity contribution in [3.8, 4) is 5.75 Å². The van der Waals surface area contributed by atoms with Crippen LogP contribution in [0.25, 0.3) is 0 Å². The first-order valence-corrected chi connectivity index (χ1v) is 8.65. The molecule has 3 nitrogen and oxygen atoms in total. The molecule has 112 valence electrons. The lowest BCUT2D eigenvalue weighted by Gasteiger charge is -2.18. The normalized spacial score (nSPS) is 14.8. The van der Waals surface area contributed by atoms with E-state index in [1.165, 1.54) is 11.1 Å². The van der Waals surface area contributed by atoms with E-state index in [-0.39, 0.29) is 6.04 Å². The third kappa shape index (κ3) is 3.39. The Kier molecular flexibility index (Phi) is 4.78. The minimum Gasteiger partial charge on any atom is -0.493 e. The number of hydrogen-bond acceptors (Lipinski definition) is 4. The van der Waals surface area contributed by atoms with Crippen LogP contribution in [0.1, 0.15) is 36.2 Å². The topological polar surface area (TPSA) is 34.1 Å². The minimum absolute atomic E-state index is 0.211. The number of halogens is 1. The largest absolute Gasteiger partial charge is 0.493 e. The van der Waals surface area contributed by atoms with E-state index in [9.17, 15) is 0 Å². The van der Waals surface area contributed by atoms with Crippen LogP contribution in [0.3, 0.4) is 0 Å². The zero-order valence-electron chi connectivity index (χ0n) is 12.1. The predicted octanol–water partition coefficient (Wildman–Crippen LogP) is 4.01. The molecule has 1 aliphatic heterocycles. The van der Waals surface area contributed by atoms with E-state index in [1.54, 1.807) is 11.3 Å². The molecule has 1 N–H and O–H groups in total. The molecule has 0 saturated carbocycles. The van der Waals surface area contributed by atoms with Crippen LogP contribution in [-0.4, -0.2) is 18.1 Å². The molecule has 1 aromatic heterocycles. The van der Waals surface area contributed by atoms with Crippen LogP contribution in [0.5, 0.6) is 5.75 Å². The van der Waals surface area contributed by atoms with Crippen LogP contribution in [0.2, 0.25) is 5.02 Å². The van der Waals surface area contributed by atoms with Gasteiger partial charge in [0.15, 0.2) is 0 Å². The molecule has 0 saturated heterocycles. The Hall–Kier alpha value is -1.10. The fraction of sp³-hybridized carbons (Fsp3) is 0.438. The van der Waals surface area contributed by atoms with E-state index in [0.717, 1.165) is 48.9 Å². The Morgan fingerprint density at radius 3 is 3.14 bits per heavy atom. The highest BCUT2D eigenvalue weighted by Gasteiger charge is 2.21. The van der Waals surface area contributed by atoms with E-state index >= 15 is 0 Å². The number of nitrogens with zero attached hydrogens (tertiary/aromatic N) is 1. The molecule has 1 atom stereocenters. The van der Waals surface area contributed by atoms with E-state index in [2.05, 4.69) is 22.6 Å². The summed E-state index contributed by atoms with van der Waals surface area (Å²) in [7, 11) is 0. The van der Waals surface area contributed by atoms with Gasteiger partial charge in [0.1, 0.15) is 5.75 Å². The van der Waals surface area contributed by atoms with Gasteiger partial charge < -0.3 is 10.1 Å². The van der Waals surface area contributed by atoms with Crippen molar-refractivity contribution in [2.45, 2.75) is 32.2 Å². The van der Waals surface area contributed by atoms with Gasteiger partial charge in [-0.05, 0) is 42.6 Å². The Morgan fingerprint density at radius 1 is 1.48 bits per heavy atom. The van der Waals surface area contributed by atoms with Gasteiger partial charge in [-0.2, -0.15) is 0 Å². The lowest BCUT2D eigenvalue weighted by molar-refractivity contribution is 0.351. The summed E-state index contributed by atoms with van der Waals surface area (Å²) in [6.45, 7) is 3.91. The number of rotatable bonds is 6. The summed E-state index contributed by atoms with van der Waals surface area (Å²) in [6.07, 6.45) is 2.91. The molecule has 0 amide bonds. The number of benzene rings is 1. The average Bonchev–Trinajstić information content (AvgIpc) is 3.13. The van der Waals surface area contributed by atoms with Crippen LogP contribution in [0.4, 0.5) is 0 Å². The fourth-order valence-electron chi connectivity index (χ4n) is 2.71. The molecule has 1 unspecified atom stereocenters. The number of aromatic nitrogens is 1. The first-order chi connectivity index (χ1) is 10.3. The molecule has 1 aliphatic rings. The second-order valence-corrected chi connectivity index (χ2v) is 6.43. The van der Waals surface area contributed by atoms with Gasteiger partial charge in [-0.25, -0.2) is 4.98 Å². The molecule has 0 bridgehead atoms. The van der Waals surface area contributed by atoms with Crippen molar-refractivity contribution in [3.63, 3.8) is 0 Å². The summed E-state index contributed by atoms with van der Waals surface area (Å²) < 4.78 is 5.80. The number of fused-ring (bicyclic) bond motifs is 1. The van der Waals surface area contributed by atoms with Gasteiger partial charge in [0.05, 0.1) is 23.9 Å². The second-order valence-electron chi connectivity index (χ2n) is 5.28. The molecule has 0 aliphatic carbocycles. The molecule has 5 heteroatoms. The van der Waals surface area contributed by atoms with Gasteiger partial charge in [-0.15, -0.1) is 11.3 Å². The Balaban J connectivity index is 1.86. The van der Waals surface area contributed by atoms with E-state index in [4.69, 9.17) is 16.3 Å². The van der Waals surface area contributed by atoms with E-state index < -0.39 is 0 Å². The molecule has 21 heavy (non-hydrogen) atoms. The highest BCUT2D eigenvalue weighted by atomic mass is 35.5. The Morgan fingerprint density at radius 2 is 2.38 bits per heavy atom. The second kappa shape index (κ2) is 6.77. The van der Waals surface area contributed by atoms with Gasteiger partial charge in [0.25, 0.3) is 0 Å². The number of thiazole rings is 1. The molecule has 1 aromatic carbocycles. The van der Waals surface area contributed by atoms with Crippen molar-refractivity contribution in [1.29, 1.82) is 0 Å². The first-order valence-electron chi connectivity index (χ1n) is 7.33. The van der Waals surface area contributed by atoms with Crippen molar-refractivity contribution in [2.24, 2.45) is 0 Å². The molecule has 3 rings (SSSR count). The molecule has 0 spiro atoms. The molecule has 2 aromatic rings. The number of nitrogens with one attached hydrogen (secondary N) is 1. The van der Waals surface area contributed by atoms with Crippen molar-refractivity contribution >= 4 is 22.9 Å². The maximum Gasteiger partial charge on any atom is 0.125 e. The quantitative estimate of drug-likeness (QED) is 0.872. The standard InChI is InChI=1S/C16H19ClN2OS/c1-2-4-18-14(15-9-21-10-19-15)8-12-7-13(17)6-11-3-5-20-16(11)12/h6-7,9-10,14,18H,2-5,8H2,1H3. The molecular formula is C16H19ClN2OS. The van der Waals surface area contributed by atoms with Crippen LogP contribution in [0, 0.1) is 0 Å². The highest BCUT2D eigenvalue weighted by molar-refractivity contribution is 7.07. The van der Waals surface area contributed by atoms with Gasteiger partial charge in [-0.1, -0.05) is 18.5 Å². The summed E-state index contributed by atoms with van der Waals surface area (Å²) in [4.78, 5) is 4.46. The zero-order valence-corrected chi connectivity index (χ0v) is 13.6. The van der Waals surface area contributed by atoms with Crippen LogP contribution < -0.4 is 10.1 Å². The van der Waals surface area contributed by atoms with Crippen molar-refractivity contribution in [1.82, 2.24) is 10.3 Å². The van der Waals surface area contributed by atoms with Crippen LogP contribution in [-0.2, 0) is 12.8 Å². The molecule has 2 heterocycles. The van der Waals surface area contributed by atoms with Crippen LogP contribution >= 0.6 is 22.9 Å². The maximum atomic E-state index is 6.25. The van der Waals surface area contributed by atoms with E-state index in [0.29, 0.717) is 0 Å². The van der Waals surface area contributed by atoms with Crippen molar-refractivity contribution in [2.75, 3.05) is 13.2 Å². The minimum atomic E-state index is 0.211. The molecular weight excluding hydrogens is 304 g/mol. The summed E-state index contributed by atoms with van der Waals surface area (Å²) in [5, 5.41) is 6.48. The Labute approximate surface area is 134 Å². The molecule has 0 fully saturated rings. The average molecular weight is 323 g/mol. The summed E-state index contributed by atoms with van der Waals surface area (Å²) in [5.41, 5.74) is 5.39. The monoisotopic (exact) mass is 322 g/mol. The number of hydrogen-bond donors (Lipinski definition) is 1. The molecule has 0 radical (unpaired) electrons. The van der Waals surface area contributed by atoms with Crippen molar-refractivity contribution < 1.29 is 4.74 Å². The summed E-state index contributed by atoms with van der Waals surface area (Å²) in [6, 6.07) is 4.26. The fourth-order valence-corrected chi connectivity index (χ4v) is 3.58. The predicted molar refractivity (Wildman–Crippen MR) is 87.5 cm³/mol. The zero-order chi connectivity index (χ0) is 14.7. The van der Waals surface area contributed by atoms with E-state index in [1.807, 2.05) is 17.6 Å². The highest BCUT2D eigenvalue weighted by Crippen LogP contribution is 2.35. The number of ether oxygens (including phenoxy) is 1. The van der Waals surface area contributed by atoms with Gasteiger partial charge in [0, 0.05) is 16.8 Å². The lowest BCUT2D eigenvalue weighted by atomic mass is 10.00. The first kappa shape index (κ1) is 14.8. The van der Waals surface area contributed by atoms with Gasteiger partial charge >= 0.3 is 0 Å². The summed E-state index contributed by atoms with van der Waals surface area (Å²) in [5.74, 6) is 1.03.